The maximum absolute atomic E-state index is 12.8. The lowest BCUT2D eigenvalue weighted by Crippen LogP contribution is -2.46. The van der Waals surface area contributed by atoms with Gasteiger partial charge >= 0.3 is 17.9 Å². The first-order valence-corrected chi connectivity index (χ1v) is 12.6. The molecule has 1 atom stereocenters. The molecule has 0 radical (unpaired) electrons. The van der Waals surface area contributed by atoms with Crippen molar-refractivity contribution in [2.75, 3.05) is 0 Å². The number of carboxylic acids is 1. The van der Waals surface area contributed by atoms with E-state index in [1.54, 1.807) is 48.5 Å². The van der Waals surface area contributed by atoms with Crippen LogP contribution in [0.4, 0.5) is 0 Å². The van der Waals surface area contributed by atoms with Gasteiger partial charge in [0.25, 0.3) is 10.2 Å². The Bertz CT molecular complexity index is 1490. The van der Waals surface area contributed by atoms with E-state index in [9.17, 15) is 39.7 Å². The molecule has 0 aliphatic heterocycles. The Kier molecular flexibility index (Phi) is 10.7. The van der Waals surface area contributed by atoms with Gasteiger partial charge in [0.15, 0.2) is 11.5 Å². The maximum Gasteiger partial charge on any atom is 0.323 e. The fourth-order valence-electron chi connectivity index (χ4n) is 3.74. The van der Waals surface area contributed by atoms with E-state index in [-0.39, 0.29) is 44.0 Å². The molecule has 0 aliphatic rings. The Hall–Kier alpha value is -5.57. The van der Waals surface area contributed by atoms with Crippen LogP contribution in [0, 0.1) is 20.2 Å². The highest BCUT2D eigenvalue weighted by Crippen LogP contribution is 2.31. The van der Waals surface area contributed by atoms with Crippen molar-refractivity contribution in [3.8, 4) is 11.5 Å². The van der Waals surface area contributed by atoms with Gasteiger partial charge in [0.2, 0.25) is 0 Å². The Labute approximate surface area is 243 Å². The lowest BCUT2D eigenvalue weighted by molar-refractivity contribution is -0.763. The van der Waals surface area contributed by atoms with Crippen LogP contribution in [0.3, 0.4) is 0 Å². The molecule has 0 aromatic heterocycles. The number of carboxylic acid groups (broad SMARTS) is 1. The molecule has 1 unspecified atom stereocenters. The summed E-state index contributed by atoms with van der Waals surface area (Å²) in [4.78, 5) is 66.3. The van der Waals surface area contributed by atoms with Crippen LogP contribution in [0.15, 0.2) is 66.7 Å². The van der Waals surface area contributed by atoms with Crippen molar-refractivity contribution >= 4 is 17.9 Å². The molecule has 43 heavy (non-hydrogen) atoms. The van der Waals surface area contributed by atoms with E-state index in [2.05, 4.69) is 9.68 Å². The van der Waals surface area contributed by atoms with Crippen molar-refractivity contribution in [1.29, 1.82) is 0 Å². The van der Waals surface area contributed by atoms with Gasteiger partial charge in [-0.05, 0) is 46.9 Å². The molecule has 0 aliphatic carbocycles. The zero-order valence-electron chi connectivity index (χ0n) is 22.8. The summed E-state index contributed by atoms with van der Waals surface area (Å²) < 4.78 is 11.0. The summed E-state index contributed by atoms with van der Waals surface area (Å²) in [6.45, 7) is 0.822. The molecule has 0 spiro atoms. The molecule has 0 saturated heterocycles. The number of ether oxygens (including phenoxy) is 2. The number of nitrogens with zero attached hydrogens (tertiary/aromatic N) is 2. The second-order valence-corrected chi connectivity index (χ2v) is 9.61. The second-order valence-electron chi connectivity index (χ2n) is 9.61. The molecule has 3 aromatic rings. The van der Waals surface area contributed by atoms with E-state index in [0.717, 1.165) is 0 Å². The third-order valence-electron chi connectivity index (χ3n) is 5.93. The Morgan fingerprint density at radius 2 is 1.12 bits per heavy atom. The largest absolute Gasteiger partial charge is 0.480 e. The smallest absolute Gasteiger partial charge is 0.323 e. The van der Waals surface area contributed by atoms with Crippen LogP contribution in [0.25, 0.3) is 0 Å². The lowest BCUT2D eigenvalue weighted by atomic mass is 9.94. The Morgan fingerprint density at radius 3 is 1.53 bits per heavy atom. The number of carbonyl (C=O) groups is 3. The monoisotopic (exact) mass is 597 g/mol. The molecular weight excluding hydrogens is 570 g/mol. The zero-order valence-corrected chi connectivity index (χ0v) is 22.8. The third-order valence-corrected chi connectivity index (χ3v) is 5.93. The maximum atomic E-state index is 12.8. The number of aliphatic carboxylic acids is 1. The number of carbonyl (C=O) groups excluding carboxylic acids is 2. The highest BCUT2D eigenvalue weighted by atomic mass is 17.0. The SMILES string of the molecule is CC(N)(Cc1ccc(OC(=O)Cc2ccc(CO[N+](=O)[O-])cc2)c(OC(=O)Cc2ccc(CO[N+](=O)[O-])cc2)c1)C(=O)O. The van der Waals surface area contributed by atoms with Crippen molar-refractivity contribution in [3.05, 3.63) is 115 Å². The minimum atomic E-state index is -1.63. The van der Waals surface area contributed by atoms with E-state index in [0.29, 0.717) is 27.8 Å². The summed E-state index contributed by atoms with van der Waals surface area (Å²) >= 11 is 0. The molecule has 3 rings (SSSR count). The van der Waals surface area contributed by atoms with Crippen LogP contribution >= 0.6 is 0 Å². The fourth-order valence-corrected chi connectivity index (χ4v) is 3.74. The predicted molar refractivity (Wildman–Crippen MR) is 146 cm³/mol. The van der Waals surface area contributed by atoms with Crippen molar-refractivity contribution < 1.29 is 48.8 Å². The number of hydrogen-bond donors (Lipinski definition) is 2. The van der Waals surface area contributed by atoms with E-state index in [4.69, 9.17) is 15.2 Å². The van der Waals surface area contributed by atoms with Crippen molar-refractivity contribution in [2.45, 2.75) is 44.9 Å². The highest BCUT2D eigenvalue weighted by Gasteiger charge is 2.29. The summed E-state index contributed by atoms with van der Waals surface area (Å²) in [7, 11) is 0. The average Bonchev–Trinajstić information content (AvgIpc) is 2.93. The van der Waals surface area contributed by atoms with Crippen LogP contribution < -0.4 is 15.2 Å². The van der Waals surface area contributed by atoms with Crippen LogP contribution in [-0.4, -0.2) is 38.7 Å². The minimum absolute atomic E-state index is 0.0978. The zero-order chi connectivity index (χ0) is 31.6. The number of hydrogen-bond acceptors (Lipinski definition) is 12. The third kappa shape index (κ3) is 10.4. The van der Waals surface area contributed by atoms with Crippen LogP contribution in [-0.2, 0) is 56.5 Å². The first kappa shape index (κ1) is 32.0. The average molecular weight is 598 g/mol. The first-order chi connectivity index (χ1) is 20.3. The van der Waals surface area contributed by atoms with Crippen molar-refractivity contribution in [2.24, 2.45) is 5.73 Å². The second kappa shape index (κ2) is 14.4. The molecule has 0 fully saturated rings. The summed E-state index contributed by atoms with van der Waals surface area (Å²) in [6, 6.07) is 16.7. The molecule has 0 amide bonds. The van der Waals surface area contributed by atoms with Gasteiger partial charge in [-0.2, -0.15) is 0 Å². The minimum Gasteiger partial charge on any atom is -0.480 e. The molecule has 15 heteroatoms. The topological polar surface area (TPSA) is 221 Å². The molecule has 15 nitrogen and oxygen atoms in total. The molecular formula is C28H27N3O12. The summed E-state index contributed by atoms with van der Waals surface area (Å²) in [6.07, 6.45) is -0.510. The fraction of sp³-hybridized carbons (Fsp3) is 0.250. The Balaban J connectivity index is 1.74. The number of nitrogens with two attached hydrogens (primary N) is 1. The summed E-state index contributed by atoms with van der Waals surface area (Å²) in [5.74, 6) is -2.92. The summed E-state index contributed by atoms with van der Waals surface area (Å²) in [5.41, 5.74) is 6.73. The van der Waals surface area contributed by atoms with E-state index in [1.807, 2.05) is 0 Å². The molecule has 3 N–H and O–H groups in total. The van der Waals surface area contributed by atoms with E-state index in [1.165, 1.54) is 25.1 Å². The molecule has 0 saturated carbocycles. The number of esters is 2. The van der Waals surface area contributed by atoms with Gasteiger partial charge in [-0.25, -0.2) is 0 Å². The van der Waals surface area contributed by atoms with E-state index < -0.39 is 33.6 Å². The molecule has 0 heterocycles. The van der Waals surface area contributed by atoms with Crippen LogP contribution in [0.5, 0.6) is 11.5 Å². The number of benzene rings is 3. The normalized spacial score (nSPS) is 12.0. The quantitative estimate of drug-likeness (QED) is 0.111. The summed E-state index contributed by atoms with van der Waals surface area (Å²) in [5, 5.41) is 28.3. The lowest BCUT2D eigenvalue weighted by Gasteiger charge is -2.20. The molecule has 226 valence electrons. The van der Waals surface area contributed by atoms with Crippen molar-refractivity contribution in [3.63, 3.8) is 0 Å². The van der Waals surface area contributed by atoms with Gasteiger partial charge in [0, 0.05) is 6.42 Å². The number of rotatable bonds is 15. The Morgan fingerprint density at radius 1 is 0.721 bits per heavy atom. The van der Waals surface area contributed by atoms with Crippen molar-refractivity contribution in [1.82, 2.24) is 0 Å². The highest BCUT2D eigenvalue weighted by molar-refractivity contribution is 5.80. The van der Waals surface area contributed by atoms with Crippen LogP contribution in [0.1, 0.15) is 34.7 Å². The predicted octanol–water partition coefficient (Wildman–Crippen LogP) is 2.74. The van der Waals surface area contributed by atoms with Crippen LogP contribution in [0.2, 0.25) is 0 Å². The van der Waals surface area contributed by atoms with Gasteiger partial charge in [-0.15, -0.1) is 20.2 Å². The van der Waals surface area contributed by atoms with Gasteiger partial charge in [0.1, 0.15) is 18.8 Å². The van der Waals surface area contributed by atoms with Gasteiger partial charge in [-0.3, -0.25) is 14.4 Å². The molecule has 0 bridgehead atoms. The van der Waals surface area contributed by atoms with E-state index >= 15 is 0 Å². The van der Waals surface area contributed by atoms with Gasteiger partial charge in [0.05, 0.1) is 12.8 Å². The van der Waals surface area contributed by atoms with Gasteiger partial charge in [-0.1, -0.05) is 54.6 Å². The first-order valence-electron chi connectivity index (χ1n) is 12.6. The standard InChI is InChI=1S/C28H27N3O12/c1-28(29,27(34)35)15-22-10-11-23(42-25(32)13-18-2-6-20(7-3-18)16-40-30(36)37)24(12-22)43-26(33)14-19-4-8-21(9-5-19)17-41-31(38)39/h2-12H,13-17,29H2,1H3,(H,34,35). The molecule has 3 aromatic carbocycles. The van der Waals surface area contributed by atoms with Gasteiger partial charge < -0.3 is 30.0 Å².